The molecule has 2 fully saturated rings. The number of hydrogen-bond donors (Lipinski definition) is 3. The SMILES string of the molecule is CN1CC(C2CCNCC2NC(=O)OC(C)(C)C)CN1. The Kier molecular flexibility index (Phi) is 4.88. The van der Waals surface area contributed by atoms with Gasteiger partial charge in [0.15, 0.2) is 0 Å². The van der Waals surface area contributed by atoms with Gasteiger partial charge in [-0.25, -0.2) is 9.80 Å². The van der Waals surface area contributed by atoms with Gasteiger partial charge >= 0.3 is 6.09 Å². The molecule has 6 heteroatoms. The van der Waals surface area contributed by atoms with E-state index in [-0.39, 0.29) is 12.1 Å². The van der Waals surface area contributed by atoms with Gasteiger partial charge in [0.25, 0.3) is 0 Å². The van der Waals surface area contributed by atoms with E-state index in [1.165, 1.54) is 0 Å². The summed E-state index contributed by atoms with van der Waals surface area (Å²) in [6, 6.07) is 0.150. The number of nitrogens with zero attached hydrogens (tertiary/aromatic N) is 1. The monoisotopic (exact) mass is 284 g/mol. The molecule has 0 saturated carbocycles. The minimum Gasteiger partial charge on any atom is -0.444 e. The molecule has 3 unspecified atom stereocenters. The number of carbonyl (C=O) groups is 1. The third-order valence-corrected chi connectivity index (χ3v) is 3.97. The number of hydrazine groups is 1. The molecule has 0 aromatic heterocycles. The molecular weight excluding hydrogens is 256 g/mol. The Morgan fingerprint density at radius 2 is 2.10 bits per heavy atom. The Morgan fingerprint density at radius 1 is 1.35 bits per heavy atom. The van der Waals surface area contributed by atoms with Crippen LogP contribution in [-0.2, 0) is 4.74 Å². The van der Waals surface area contributed by atoms with Crippen molar-refractivity contribution in [3.05, 3.63) is 0 Å². The molecule has 0 spiro atoms. The highest BCUT2D eigenvalue weighted by atomic mass is 16.6. The van der Waals surface area contributed by atoms with Crippen molar-refractivity contribution in [2.24, 2.45) is 11.8 Å². The van der Waals surface area contributed by atoms with Crippen molar-refractivity contribution in [1.82, 2.24) is 21.1 Å². The summed E-state index contributed by atoms with van der Waals surface area (Å²) >= 11 is 0. The first-order chi connectivity index (χ1) is 9.35. The molecule has 116 valence electrons. The van der Waals surface area contributed by atoms with Crippen LogP contribution < -0.4 is 16.1 Å². The van der Waals surface area contributed by atoms with Crippen molar-refractivity contribution in [3.63, 3.8) is 0 Å². The van der Waals surface area contributed by atoms with E-state index in [1.54, 1.807) is 0 Å². The molecule has 1 amide bonds. The van der Waals surface area contributed by atoms with Crippen LogP contribution >= 0.6 is 0 Å². The number of carbonyl (C=O) groups excluding carboxylic acids is 1. The second kappa shape index (κ2) is 6.28. The fourth-order valence-corrected chi connectivity index (χ4v) is 3.10. The molecule has 3 atom stereocenters. The molecule has 2 aliphatic heterocycles. The summed E-state index contributed by atoms with van der Waals surface area (Å²) in [5, 5.41) is 8.55. The molecule has 0 radical (unpaired) electrons. The van der Waals surface area contributed by atoms with Gasteiger partial charge in [-0.3, -0.25) is 5.43 Å². The quantitative estimate of drug-likeness (QED) is 0.691. The Bertz CT molecular complexity index is 343. The maximum Gasteiger partial charge on any atom is 0.407 e. The largest absolute Gasteiger partial charge is 0.444 e. The lowest BCUT2D eigenvalue weighted by molar-refractivity contribution is 0.0459. The fourth-order valence-electron chi connectivity index (χ4n) is 3.10. The van der Waals surface area contributed by atoms with E-state index in [0.717, 1.165) is 32.6 Å². The van der Waals surface area contributed by atoms with Gasteiger partial charge in [0.2, 0.25) is 0 Å². The van der Waals surface area contributed by atoms with E-state index >= 15 is 0 Å². The maximum atomic E-state index is 12.0. The van der Waals surface area contributed by atoms with Crippen LogP contribution in [-0.4, -0.2) is 56.0 Å². The third kappa shape index (κ3) is 4.33. The Balaban J connectivity index is 1.91. The van der Waals surface area contributed by atoms with Crippen LogP contribution in [0.15, 0.2) is 0 Å². The summed E-state index contributed by atoms with van der Waals surface area (Å²) in [4.78, 5) is 12.0. The van der Waals surface area contributed by atoms with Crippen LogP contribution in [0.4, 0.5) is 4.79 Å². The summed E-state index contributed by atoms with van der Waals surface area (Å²) in [7, 11) is 2.07. The number of rotatable bonds is 2. The van der Waals surface area contributed by atoms with Gasteiger partial charge in [-0.1, -0.05) is 0 Å². The van der Waals surface area contributed by atoms with Gasteiger partial charge in [0.05, 0.1) is 0 Å². The Labute approximate surface area is 121 Å². The predicted molar refractivity (Wildman–Crippen MR) is 78.3 cm³/mol. The summed E-state index contributed by atoms with van der Waals surface area (Å²) < 4.78 is 5.37. The minimum atomic E-state index is -0.448. The Hall–Kier alpha value is -0.850. The van der Waals surface area contributed by atoms with Crippen molar-refractivity contribution < 1.29 is 9.53 Å². The molecular formula is C14H28N4O2. The van der Waals surface area contributed by atoms with E-state index in [4.69, 9.17) is 4.74 Å². The normalized spacial score (nSPS) is 32.1. The number of alkyl carbamates (subject to hydrolysis) is 1. The zero-order valence-electron chi connectivity index (χ0n) is 13.0. The summed E-state index contributed by atoms with van der Waals surface area (Å²) in [6.45, 7) is 9.55. The van der Waals surface area contributed by atoms with Gasteiger partial charge in [-0.05, 0) is 45.6 Å². The van der Waals surface area contributed by atoms with Gasteiger partial charge in [0, 0.05) is 32.7 Å². The summed E-state index contributed by atoms with van der Waals surface area (Å²) in [5.74, 6) is 1.09. The molecule has 2 saturated heterocycles. The summed E-state index contributed by atoms with van der Waals surface area (Å²) in [5.41, 5.74) is 2.90. The van der Waals surface area contributed by atoms with E-state index < -0.39 is 5.60 Å². The number of nitrogens with one attached hydrogen (secondary N) is 3. The van der Waals surface area contributed by atoms with Gasteiger partial charge < -0.3 is 15.4 Å². The molecule has 6 nitrogen and oxygen atoms in total. The average Bonchev–Trinajstić information content (AvgIpc) is 2.74. The average molecular weight is 284 g/mol. The number of piperidine rings is 1. The van der Waals surface area contributed by atoms with Crippen LogP contribution in [0.1, 0.15) is 27.2 Å². The standard InChI is InChI=1S/C14H28N4O2/c1-14(2,3)20-13(19)17-12-8-15-6-5-11(12)10-7-16-18(4)9-10/h10-12,15-16H,5-9H2,1-4H3,(H,17,19). The number of ether oxygens (including phenoxy) is 1. The highest BCUT2D eigenvalue weighted by molar-refractivity contribution is 5.68. The van der Waals surface area contributed by atoms with E-state index in [0.29, 0.717) is 11.8 Å². The van der Waals surface area contributed by atoms with Crippen LogP contribution in [0.5, 0.6) is 0 Å². The minimum absolute atomic E-state index is 0.150. The lowest BCUT2D eigenvalue weighted by Crippen LogP contribution is -2.54. The molecule has 0 bridgehead atoms. The summed E-state index contributed by atoms with van der Waals surface area (Å²) in [6.07, 6.45) is 0.788. The van der Waals surface area contributed by atoms with Crippen LogP contribution in [0.25, 0.3) is 0 Å². The van der Waals surface area contributed by atoms with Gasteiger partial charge in [-0.2, -0.15) is 0 Å². The van der Waals surface area contributed by atoms with Crippen LogP contribution in [0.2, 0.25) is 0 Å². The van der Waals surface area contributed by atoms with Crippen molar-refractivity contribution in [2.75, 3.05) is 33.2 Å². The molecule has 20 heavy (non-hydrogen) atoms. The second-order valence-corrected chi connectivity index (χ2v) is 6.91. The maximum absolute atomic E-state index is 12.0. The highest BCUT2D eigenvalue weighted by Gasteiger charge is 2.36. The van der Waals surface area contributed by atoms with E-state index in [9.17, 15) is 4.79 Å². The predicted octanol–water partition coefficient (Wildman–Crippen LogP) is 0.555. The topological polar surface area (TPSA) is 65.6 Å². The fraction of sp³-hybridized carbons (Fsp3) is 0.929. The van der Waals surface area contributed by atoms with Crippen LogP contribution in [0, 0.1) is 11.8 Å². The molecule has 0 aromatic rings. The first-order valence-electron chi connectivity index (χ1n) is 7.50. The zero-order valence-corrected chi connectivity index (χ0v) is 13.0. The molecule has 2 heterocycles. The lowest BCUT2D eigenvalue weighted by atomic mass is 9.81. The van der Waals surface area contributed by atoms with Crippen molar-refractivity contribution >= 4 is 6.09 Å². The van der Waals surface area contributed by atoms with E-state index in [1.807, 2.05) is 20.8 Å². The van der Waals surface area contributed by atoms with Crippen molar-refractivity contribution in [3.8, 4) is 0 Å². The Morgan fingerprint density at radius 3 is 2.70 bits per heavy atom. The van der Waals surface area contributed by atoms with E-state index in [2.05, 4.69) is 28.1 Å². The number of hydrogen-bond acceptors (Lipinski definition) is 5. The van der Waals surface area contributed by atoms with Gasteiger partial charge in [0.1, 0.15) is 5.60 Å². The lowest BCUT2D eigenvalue weighted by Gasteiger charge is -2.36. The molecule has 3 N–H and O–H groups in total. The van der Waals surface area contributed by atoms with Crippen LogP contribution in [0.3, 0.4) is 0 Å². The van der Waals surface area contributed by atoms with Crippen molar-refractivity contribution in [2.45, 2.75) is 38.8 Å². The molecule has 2 rings (SSSR count). The molecule has 0 aliphatic carbocycles. The molecule has 2 aliphatic rings. The second-order valence-electron chi connectivity index (χ2n) is 6.91. The first kappa shape index (κ1) is 15.5. The smallest absolute Gasteiger partial charge is 0.407 e. The highest BCUT2D eigenvalue weighted by Crippen LogP contribution is 2.25. The van der Waals surface area contributed by atoms with Crippen molar-refractivity contribution in [1.29, 1.82) is 0 Å². The number of amides is 1. The zero-order chi connectivity index (χ0) is 14.8. The first-order valence-corrected chi connectivity index (χ1v) is 7.50. The third-order valence-electron chi connectivity index (χ3n) is 3.97. The van der Waals surface area contributed by atoms with Gasteiger partial charge in [-0.15, -0.1) is 0 Å². The molecule has 0 aromatic carbocycles.